The van der Waals surface area contributed by atoms with Crippen molar-refractivity contribution in [3.63, 3.8) is 0 Å². The van der Waals surface area contributed by atoms with E-state index in [1.54, 1.807) is 6.92 Å². The second-order valence-electron chi connectivity index (χ2n) is 5.59. The van der Waals surface area contributed by atoms with Gasteiger partial charge in [-0.05, 0) is 31.7 Å². The number of rotatable bonds is 5. The van der Waals surface area contributed by atoms with Gasteiger partial charge in [-0.1, -0.05) is 30.3 Å². The van der Waals surface area contributed by atoms with Crippen molar-refractivity contribution in [2.75, 3.05) is 13.2 Å². The highest BCUT2D eigenvalue weighted by Crippen LogP contribution is 2.20. The lowest BCUT2D eigenvalue weighted by Crippen LogP contribution is -2.49. The topological polar surface area (TPSA) is 98.9 Å². The number of carbonyl (C=O) groups excluding carboxylic acids is 3. The van der Waals surface area contributed by atoms with Crippen molar-refractivity contribution in [3.8, 4) is 0 Å². The second kappa shape index (κ2) is 8.44. The molecule has 7 nitrogen and oxygen atoms in total. The third-order valence-electron chi connectivity index (χ3n) is 3.87. The lowest BCUT2D eigenvalue weighted by molar-refractivity contribution is -0.150. The van der Waals surface area contributed by atoms with Crippen LogP contribution < -0.4 is 5.73 Å². The van der Waals surface area contributed by atoms with Crippen molar-refractivity contribution < 1.29 is 23.9 Å². The Bertz CT molecular complexity index is 590. The molecule has 1 aliphatic heterocycles. The number of esters is 1. The van der Waals surface area contributed by atoms with Gasteiger partial charge in [-0.2, -0.15) is 0 Å². The number of ether oxygens (including phenoxy) is 2. The predicted molar refractivity (Wildman–Crippen MR) is 86.0 cm³/mol. The van der Waals surface area contributed by atoms with E-state index in [0.717, 1.165) is 5.56 Å². The molecule has 7 heteroatoms. The molecule has 1 amide bonds. The van der Waals surface area contributed by atoms with E-state index in [1.165, 1.54) is 4.90 Å². The van der Waals surface area contributed by atoms with Gasteiger partial charge in [0.15, 0.2) is 0 Å². The summed E-state index contributed by atoms with van der Waals surface area (Å²) in [5, 5.41) is 0. The third-order valence-corrected chi connectivity index (χ3v) is 3.87. The van der Waals surface area contributed by atoms with Gasteiger partial charge in [-0.3, -0.25) is 4.79 Å². The van der Waals surface area contributed by atoms with Crippen LogP contribution in [0.1, 0.15) is 25.3 Å². The minimum atomic E-state index is -1.05. The van der Waals surface area contributed by atoms with Gasteiger partial charge in [-0.15, -0.1) is 0 Å². The molecular formula is C17H22N2O5. The van der Waals surface area contributed by atoms with Crippen LogP contribution in [-0.4, -0.2) is 48.2 Å². The van der Waals surface area contributed by atoms with E-state index in [0.29, 0.717) is 25.8 Å². The molecule has 130 valence electrons. The molecule has 0 unspecified atom stereocenters. The zero-order chi connectivity index (χ0) is 17.5. The Morgan fingerprint density at radius 3 is 2.67 bits per heavy atom. The normalized spacial score (nSPS) is 18.1. The zero-order valence-electron chi connectivity index (χ0n) is 13.6. The van der Waals surface area contributed by atoms with E-state index >= 15 is 0 Å². The van der Waals surface area contributed by atoms with Crippen molar-refractivity contribution in [1.29, 1.82) is 0 Å². The molecule has 24 heavy (non-hydrogen) atoms. The van der Waals surface area contributed by atoms with E-state index < -0.39 is 24.2 Å². The molecular weight excluding hydrogens is 312 g/mol. The number of carbonyl (C=O) groups is 3. The van der Waals surface area contributed by atoms with Crippen molar-refractivity contribution in [2.45, 2.75) is 38.3 Å². The molecule has 0 saturated carbocycles. The molecule has 1 aromatic carbocycles. The maximum Gasteiger partial charge on any atom is 0.516 e. The van der Waals surface area contributed by atoms with Gasteiger partial charge in [0, 0.05) is 6.54 Å². The Labute approximate surface area is 140 Å². The van der Waals surface area contributed by atoms with Gasteiger partial charge >= 0.3 is 12.1 Å². The highest BCUT2D eigenvalue weighted by molar-refractivity contribution is 5.91. The van der Waals surface area contributed by atoms with Crippen molar-refractivity contribution in [1.82, 2.24) is 4.90 Å². The molecule has 0 aliphatic carbocycles. The van der Waals surface area contributed by atoms with Gasteiger partial charge in [0.05, 0.1) is 12.6 Å². The fraction of sp³-hybridized carbons (Fsp3) is 0.471. The molecule has 0 aromatic heterocycles. The minimum Gasteiger partial charge on any atom is -0.434 e. The summed E-state index contributed by atoms with van der Waals surface area (Å²) >= 11 is 0. The first-order valence-electron chi connectivity index (χ1n) is 8.01. The molecule has 1 aliphatic rings. The first kappa shape index (κ1) is 17.9. The lowest BCUT2D eigenvalue weighted by atomic mass is 10.1. The number of likely N-dealkylation sites (tertiary alicyclic amines) is 1. The molecule has 2 N–H and O–H groups in total. The monoisotopic (exact) mass is 334 g/mol. The Balaban J connectivity index is 1.97. The van der Waals surface area contributed by atoms with E-state index in [1.807, 2.05) is 30.3 Å². The quantitative estimate of drug-likeness (QED) is 0.643. The van der Waals surface area contributed by atoms with E-state index in [-0.39, 0.29) is 12.5 Å². The highest BCUT2D eigenvalue weighted by atomic mass is 16.7. The van der Waals surface area contributed by atoms with Crippen LogP contribution in [0.15, 0.2) is 30.3 Å². The molecule has 2 rings (SSSR count). The highest BCUT2D eigenvalue weighted by Gasteiger charge is 2.38. The summed E-state index contributed by atoms with van der Waals surface area (Å²) in [6, 6.07) is 7.89. The Kier molecular flexibility index (Phi) is 6.31. The number of hydrogen-bond donors (Lipinski definition) is 1. The fourth-order valence-corrected chi connectivity index (χ4v) is 2.74. The van der Waals surface area contributed by atoms with Crippen LogP contribution in [0.3, 0.4) is 0 Å². The third kappa shape index (κ3) is 4.55. The summed E-state index contributed by atoms with van der Waals surface area (Å²) in [6.07, 6.45) is 0.444. The molecule has 1 fully saturated rings. The van der Waals surface area contributed by atoms with E-state index in [9.17, 15) is 14.4 Å². The average Bonchev–Trinajstić information content (AvgIpc) is 3.04. The van der Waals surface area contributed by atoms with E-state index in [4.69, 9.17) is 5.73 Å². The molecule has 0 spiro atoms. The number of nitrogens with two attached hydrogens (primary N) is 1. The largest absolute Gasteiger partial charge is 0.516 e. The van der Waals surface area contributed by atoms with Crippen LogP contribution in [0.2, 0.25) is 0 Å². The first-order valence-corrected chi connectivity index (χ1v) is 8.01. The molecule has 1 aromatic rings. The number of amides is 1. The minimum absolute atomic E-state index is 0.112. The van der Waals surface area contributed by atoms with Crippen LogP contribution in [0.5, 0.6) is 0 Å². The van der Waals surface area contributed by atoms with Crippen LogP contribution in [0.4, 0.5) is 4.79 Å². The molecule has 1 saturated heterocycles. The van der Waals surface area contributed by atoms with E-state index in [2.05, 4.69) is 9.47 Å². The number of benzene rings is 1. The van der Waals surface area contributed by atoms with Crippen LogP contribution in [-0.2, 0) is 25.5 Å². The summed E-state index contributed by atoms with van der Waals surface area (Å²) in [7, 11) is 0. The maximum absolute atomic E-state index is 12.6. The van der Waals surface area contributed by atoms with Crippen LogP contribution in [0, 0.1) is 0 Å². The fourth-order valence-electron chi connectivity index (χ4n) is 2.74. The summed E-state index contributed by atoms with van der Waals surface area (Å²) in [5.74, 6) is -1.09. The van der Waals surface area contributed by atoms with Gasteiger partial charge < -0.3 is 20.1 Å². The Morgan fingerprint density at radius 2 is 2.00 bits per heavy atom. The average molecular weight is 334 g/mol. The van der Waals surface area contributed by atoms with Crippen molar-refractivity contribution in [2.24, 2.45) is 5.73 Å². The van der Waals surface area contributed by atoms with Crippen LogP contribution in [0.25, 0.3) is 0 Å². The first-order chi connectivity index (χ1) is 11.5. The summed E-state index contributed by atoms with van der Waals surface area (Å²) in [5.41, 5.74) is 6.95. The molecule has 2 atom stereocenters. The van der Waals surface area contributed by atoms with Gasteiger partial charge in [-0.25, -0.2) is 9.59 Å². The van der Waals surface area contributed by atoms with Crippen LogP contribution >= 0.6 is 0 Å². The van der Waals surface area contributed by atoms with Gasteiger partial charge in [0.1, 0.15) is 6.04 Å². The summed E-state index contributed by atoms with van der Waals surface area (Å²) in [4.78, 5) is 37.3. The maximum atomic E-state index is 12.6. The predicted octanol–water partition coefficient (Wildman–Crippen LogP) is 1.25. The number of hydrogen-bond acceptors (Lipinski definition) is 6. The molecule has 1 heterocycles. The van der Waals surface area contributed by atoms with Crippen molar-refractivity contribution >= 4 is 18.0 Å². The Hall–Kier alpha value is -2.41. The zero-order valence-corrected chi connectivity index (χ0v) is 13.6. The second-order valence-corrected chi connectivity index (χ2v) is 5.59. The smallest absolute Gasteiger partial charge is 0.434 e. The Morgan fingerprint density at radius 1 is 1.29 bits per heavy atom. The lowest BCUT2D eigenvalue weighted by Gasteiger charge is -2.25. The standard InChI is InChI=1S/C17H22N2O5/c1-2-23-17(22)24-16(21)14-9-6-10-19(14)15(20)13(18)11-12-7-4-3-5-8-12/h3-5,7-8,13-14H,2,6,9-11,18H2,1H3/t13-,14+/m1/s1. The SMILES string of the molecule is CCOC(=O)OC(=O)[C@@H]1CCCN1C(=O)[C@H](N)Cc1ccccc1. The van der Waals surface area contributed by atoms with Gasteiger partial charge in [0.25, 0.3) is 0 Å². The summed E-state index contributed by atoms with van der Waals surface area (Å²) < 4.78 is 9.20. The number of nitrogens with zero attached hydrogens (tertiary/aromatic N) is 1. The summed E-state index contributed by atoms with van der Waals surface area (Å²) in [6.45, 7) is 2.14. The molecule has 0 radical (unpaired) electrons. The van der Waals surface area contributed by atoms with Gasteiger partial charge in [0.2, 0.25) is 5.91 Å². The van der Waals surface area contributed by atoms with Crippen molar-refractivity contribution in [3.05, 3.63) is 35.9 Å². The molecule has 0 bridgehead atoms.